The summed E-state index contributed by atoms with van der Waals surface area (Å²) >= 11 is 6.28. The summed E-state index contributed by atoms with van der Waals surface area (Å²) in [6, 6.07) is 16.0. The number of thioether (sulfide) groups is 1. The van der Waals surface area contributed by atoms with Gasteiger partial charge in [0.05, 0.1) is 11.0 Å². The van der Waals surface area contributed by atoms with Gasteiger partial charge in [0.2, 0.25) is 0 Å². The van der Waals surface area contributed by atoms with E-state index in [0.29, 0.717) is 22.4 Å². The predicted octanol–water partition coefficient (Wildman–Crippen LogP) is 5.24. The number of hydrogen-bond donors (Lipinski definition) is 1. The number of hydrogen-bond acceptors (Lipinski definition) is 5. The normalized spacial score (nSPS) is 16.3. The van der Waals surface area contributed by atoms with E-state index in [1.165, 1.54) is 17.3 Å². The maximum atomic E-state index is 11.7. The van der Waals surface area contributed by atoms with Crippen molar-refractivity contribution in [1.29, 1.82) is 0 Å². The standard InChI is InChI=1S/C22H23NO3S2/c1-3-19(25-4-2)17-9-5-16(6-10-17)14-26-18-11-7-15(8-12-18)13-20-21(24)23-22(27)28-20/h5-13,19H,3-4,14H2,1-2H3,(H,23,24,27). The van der Waals surface area contributed by atoms with Gasteiger partial charge in [0.25, 0.3) is 5.91 Å². The van der Waals surface area contributed by atoms with E-state index in [2.05, 4.69) is 36.5 Å². The van der Waals surface area contributed by atoms with Gasteiger partial charge in [-0.05, 0) is 48.2 Å². The molecular formula is C22H23NO3S2. The Kier molecular flexibility index (Phi) is 7.25. The molecule has 1 atom stereocenters. The minimum atomic E-state index is -0.145. The van der Waals surface area contributed by atoms with Crippen LogP contribution < -0.4 is 10.1 Å². The van der Waals surface area contributed by atoms with Crippen molar-refractivity contribution >= 4 is 40.3 Å². The van der Waals surface area contributed by atoms with E-state index in [0.717, 1.165) is 23.3 Å². The zero-order chi connectivity index (χ0) is 19.9. The molecule has 3 rings (SSSR count). The summed E-state index contributed by atoms with van der Waals surface area (Å²) in [5.74, 6) is 0.638. The lowest BCUT2D eigenvalue weighted by atomic mass is 10.1. The number of nitrogens with one attached hydrogen (secondary N) is 1. The Morgan fingerprint density at radius 3 is 2.39 bits per heavy atom. The van der Waals surface area contributed by atoms with Gasteiger partial charge in [0.1, 0.15) is 16.7 Å². The van der Waals surface area contributed by atoms with Crippen LogP contribution in [0.4, 0.5) is 0 Å². The summed E-state index contributed by atoms with van der Waals surface area (Å²) in [4.78, 5) is 12.3. The second kappa shape index (κ2) is 9.87. The first kappa shape index (κ1) is 20.6. The highest BCUT2D eigenvalue weighted by Gasteiger charge is 2.21. The Balaban J connectivity index is 1.57. The van der Waals surface area contributed by atoms with Crippen LogP contribution in [0, 0.1) is 0 Å². The molecule has 2 aromatic carbocycles. The van der Waals surface area contributed by atoms with Crippen molar-refractivity contribution in [3.63, 3.8) is 0 Å². The van der Waals surface area contributed by atoms with Crippen LogP contribution in [0.3, 0.4) is 0 Å². The van der Waals surface area contributed by atoms with Crippen LogP contribution in [-0.2, 0) is 16.1 Å². The van der Waals surface area contributed by atoms with Crippen LogP contribution in [0.1, 0.15) is 43.1 Å². The average Bonchev–Trinajstić information content (AvgIpc) is 3.03. The Morgan fingerprint density at radius 2 is 1.82 bits per heavy atom. The Hall–Kier alpha value is -2.15. The summed E-state index contributed by atoms with van der Waals surface area (Å²) < 4.78 is 12.1. The minimum absolute atomic E-state index is 0.145. The predicted molar refractivity (Wildman–Crippen MR) is 118 cm³/mol. The molecule has 0 bridgehead atoms. The van der Waals surface area contributed by atoms with Crippen LogP contribution in [-0.4, -0.2) is 16.8 Å². The highest BCUT2D eigenvalue weighted by molar-refractivity contribution is 8.26. The van der Waals surface area contributed by atoms with Crippen molar-refractivity contribution in [2.45, 2.75) is 33.0 Å². The van der Waals surface area contributed by atoms with E-state index in [9.17, 15) is 4.79 Å². The van der Waals surface area contributed by atoms with Crippen molar-refractivity contribution < 1.29 is 14.3 Å². The molecule has 0 saturated carbocycles. The van der Waals surface area contributed by atoms with Crippen LogP contribution in [0.25, 0.3) is 6.08 Å². The van der Waals surface area contributed by atoms with Crippen molar-refractivity contribution in [3.8, 4) is 5.75 Å². The van der Waals surface area contributed by atoms with E-state index >= 15 is 0 Å². The van der Waals surface area contributed by atoms with Gasteiger partial charge >= 0.3 is 0 Å². The van der Waals surface area contributed by atoms with E-state index < -0.39 is 0 Å². The number of carbonyl (C=O) groups is 1. The third kappa shape index (κ3) is 5.44. The van der Waals surface area contributed by atoms with E-state index in [4.69, 9.17) is 21.7 Å². The van der Waals surface area contributed by atoms with Crippen LogP contribution in [0.2, 0.25) is 0 Å². The van der Waals surface area contributed by atoms with Crippen LogP contribution in [0.15, 0.2) is 53.4 Å². The molecule has 1 N–H and O–H groups in total. The quantitative estimate of drug-likeness (QED) is 0.474. The van der Waals surface area contributed by atoms with Crippen molar-refractivity contribution in [2.24, 2.45) is 0 Å². The summed E-state index contributed by atoms with van der Waals surface area (Å²) in [5, 5.41) is 2.61. The molecule has 0 radical (unpaired) electrons. The Labute approximate surface area is 175 Å². The fraction of sp³-hybridized carbons (Fsp3) is 0.273. The third-order valence-corrected chi connectivity index (χ3v) is 5.48. The SMILES string of the molecule is CCOC(CC)c1ccc(COc2ccc(C=C3SC(=S)NC3=O)cc2)cc1. The zero-order valence-electron chi connectivity index (χ0n) is 15.9. The number of ether oxygens (including phenoxy) is 2. The first-order valence-electron chi connectivity index (χ1n) is 9.27. The smallest absolute Gasteiger partial charge is 0.263 e. The molecule has 1 aliphatic rings. The number of benzene rings is 2. The molecular weight excluding hydrogens is 390 g/mol. The second-order valence-electron chi connectivity index (χ2n) is 6.30. The zero-order valence-corrected chi connectivity index (χ0v) is 17.6. The van der Waals surface area contributed by atoms with Crippen LogP contribution >= 0.6 is 24.0 Å². The lowest BCUT2D eigenvalue weighted by Gasteiger charge is -2.15. The highest BCUT2D eigenvalue weighted by atomic mass is 32.2. The van der Waals surface area contributed by atoms with Gasteiger partial charge < -0.3 is 14.8 Å². The molecule has 2 aromatic rings. The molecule has 1 saturated heterocycles. The molecule has 1 fully saturated rings. The maximum Gasteiger partial charge on any atom is 0.263 e. The second-order valence-corrected chi connectivity index (χ2v) is 8.02. The molecule has 0 spiro atoms. The Bertz CT molecular complexity index is 860. The van der Waals surface area contributed by atoms with Gasteiger partial charge in [-0.25, -0.2) is 0 Å². The molecule has 0 aliphatic carbocycles. The molecule has 1 heterocycles. The molecule has 1 aliphatic heterocycles. The summed E-state index contributed by atoms with van der Waals surface area (Å²) in [6.07, 6.45) is 2.93. The fourth-order valence-electron chi connectivity index (χ4n) is 2.88. The number of carbonyl (C=O) groups excluding carboxylic acids is 1. The summed E-state index contributed by atoms with van der Waals surface area (Å²) in [5.41, 5.74) is 3.23. The molecule has 28 heavy (non-hydrogen) atoms. The molecule has 146 valence electrons. The lowest BCUT2D eigenvalue weighted by Crippen LogP contribution is -2.17. The van der Waals surface area contributed by atoms with Crippen LogP contribution in [0.5, 0.6) is 5.75 Å². The van der Waals surface area contributed by atoms with E-state index in [-0.39, 0.29) is 12.0 Å². The number of rotatable bonds is 8. The van der Waals surface area contributed by atoms with E-state index in [1.807, 2.05) is 37.3 Å². The summed E-state index contributed by atoms with van der Waals surface area (Å²) in [7, 11) is 0. The topological polar surface area (TPSA) is 47.6 Å². The highest BCUT2D eigenvalue weighted by Crippen LogP contribution is 2.26. The van der Waals surface area contributed by atoms with Gasteiger partial charge in [0.15, 0.2) is 0 Å². The van der Waals surface area contributed by atoms with E-state index in [1.54, 1.807) is 0 Å². The number of thiocarbonyl (C=S) groups is 1. The fourth-order valence-corrected chi connectivity index (χ4v) is 3.92. The number of amides is 1. The van der Waals surface area contributed by atoms with Gasteiger partial charge in [0, 0.05) is 6.61 Å². The maximum absolute atomic E-state index is 11.7. The molecule has 6 heteroatoms. The van der Waals surface area contributed by atoms with Crippen molar-refractivity contribution in [3.05, 3.63) is 70.1 Å². The summed E-state index contributed by atoms with van der Waals surface area (Å²) in [6.45, 7) is 5.36. The van der Waals surface area contributed by atoms with Crippen molar-refractivity contribution in [2.75, 3.05) is 6.61 Å². The average molecular weight is 414 g/mol. The lowest BCUT2D eigenvalue weighted by molar-refractivity contribution is -0.115. The monoisotopic (exact) mass is 413 g/mol. The van der Waals surface area contributed by atoms with Gasteiger partial charge in [-0.2, -0.15) is 0 Å². The largest absolute Gasteiger partial charge is 0.489 e. The van der Waals surface area contributed by atoms with Gasteiger partial charge in [-0.1, -0.05) is 67.3 Å². The molecule has 1 unspecified atom stereocenters. The van der Waals surface area contributed by atoms with Gasteiger partial charge in [-0.15, -0.1) is 0 Å². The third-order valence-electron chi connectivity index (χ3n) is 4.32. The first-order chi connectivity index (χ1) is 13.6. The molecule has 0 aromatic heterocycles. The van der Waals surface area contributed by atoms with Gasteiger partial charge in [-0.3, -0.25) is 4.79 Å². The molecule has 1 amide bonds. The Morgan fingerprint density at radius 1 is 1.11 bits per heavy atom. The molecule has 4 nitrogen and oxygen atoms in total. The first-order valence-corrected chi connectivity index (χ1v) is 10.5. The minimum Gasteiger partial charge on any atom is -0.489 e. The van der Waals surface area contributed by atoms with Crippen molar-refractivity contribution in [1.82, 2.24) is 5.32 Å².